The molecule has 1 N–H and O–H groups in total. The molecule has 0 amide bonds. The van der Waals surface area contributed by atoms with Crippen molar-refractivity contribution in [3.05, 3.63) is 0 Å². The minimum absolute atomic E-state index is 0.0755. The van der Waals surface area contributed by atoms with Crippen LogP contribution in [0, 0.1) is 5.92 Å². The summed E-state index contributed by atoms with van der Waals surface area (Å²) in [6, 6.07) is 0. The van der Waals surface area contributed by atoms with Gasteiger partial charge < -0.3 is 9.84 Å². The Labute approximate surface area is 125 Å². The number of aliphatic hydroxyl groups excluding tert-OH is 1. The maximum Gasteiger partial charge on any atom is 0.309 e. The Morgan fingerprint density at radius 2 is 1.65 bits per heavy atom. The zero-order valence-electron chi connectivity index (χ0n) is 13.9. The molecule has 0 saturated heterocycles. The summed E-state index contributed by atoms with van der Waals surface area (Å²) in [4.78, 5) is 12.1. The molecule has 0 fully saturated rings. The van der Waals surface area contributed by atoms with Crippen molar-refractivity contribution < 1.29 is 14.6 Å². The molecule has 0 bridgehead atoms. The van der Waals surface area contributed by atoms with Gasteiger partial charge in [0.15, 0.2) is 0 Å². The Bertz CT molecular complexity index is 238. The van der Waals surface area contributed by atoms with Crippen LogP contribution >= 0.6 is 0 Å². The Morgan fingerprint density at radius 1 is 1.00 bits per heavy atom. The van der Waals surface area contributed by atoms with Crippen molar-refractivity contribution in [2.75, 3.05) is 0 Å². The number of ether oxygens (including phenoxy) is 1. The summed E-state index contributed by atoms with van der Waals surface area (Å²) in [5, 5.41) is 10.0. The van der Waals surface area contributed by atoms with Gasteiger partial charge in [0, 0.05) is 0 Å². The van der Waals surface area contributed by atoms with Gasteiger partial charge in [0.2, 0.25) is 0 Å². The number of rotatable bonds is 12. The van der Waals surface area contributed by atoms with Crippen LogP contribution in [0.3, 0.4) is 0 Å². The first kappa shape index (κ1) is 19.4. The van der Waals surface area contributed by atoms with E-state index < -0.39 is 0 Å². The molecule has 0 aromatic heterocycles. The van der Waals surface area contributed by atoms with Crippen molar-refractivity contribution in [2.45, 2.75) is 97.7 Å². The van der Waals surface area contributed by atoms with Crippen LogP contribution in [-0.4, -0.2) is 23.3 Å². The molecular weight excluding hydrogens is 252 g/mol. The molecule has 0 aliphatic carbocycles. The third-order valence-corrected chi connectivity index (χ3v) is 3.54. The molecule has 20 heavy (non-hydrogen) atoms. The summed E-state index contributed by atoms with van der Waals surface area (Å²) in [6.07, 6.45) is 8.45. The molecule has 0 aliphatic heterocycles. The molecule has 0 radical (unpaired) electrons. The molecule has 0 heterocycles. The smallest absolute Gasteiger partial charge is 0.309 e. The first-order chi connectivity index (χ1) is 9.51. The Balaban J connectivity index is 4.26. The van der Waals surface area contributed by atoms with Crippen LogP contribution in [0.1, 0.15) is 85.5 Å². The second-order valence-electron chi connectivity index (χ2n) is 6.06. The van der Waals surface area contributed by atoms with Gasteiger partial charge in [-0.3, -0.25) is 4.79 Å². The minimum Gasteiger partial charge on any atom is -0.463 e. The minimum atomic E-state index is -0.370. The normalized spacial score (nSPS) is 14.3. The molecule has 0 rings (SSSR count). The summed E-state index contributed by atoms with van der Waals surface area (Å²) in [5.74, 6) is -0.270. The van der Waals surface area contributed by atoms with E-state index in [9.17, 15) is 9.90 Å². The zero-order chi connectivity index (χ0) is 15.4. The third kappa shape index (κ3) is 10.2. The van der Waals surface area contributed by atoms with E-state index >= 15 is 0 Å². The molecule has 2 atom stereocenters. The largest absolute Gasteiger partial charge is 0.463 e. The summed E-state index contributed by atoms with van der Waals surface area (Å²) in [7, 11) is 0. The second-order valence-corrected chi connectivity index (χ2v) is 6.06. The lowest BCUT2D eigenvalue weighted by Crippen LogP contribution is -2.25. The van der Waals surface area contributed by atoms with Gasteiger partial charge >= 0.3 is 5.97 Å². The van der Waals surface area contributed by atoms with Crippen molar-refractivity contribution in [1.82, 2.24) is 0 Å². The molecule has 3 nitrogen and oxygen atoms in total. The molecule has 2 unspecified atom stereocenters. The summed E-state index contributed by atoms with van der Waals surface area (Å²) < 4.78 is 5.32. The van der Waals surface area contributed by atoms with Crippen molar-refractivity contribution in [3.63, 3.8) is 0 Å². The van der Waals surface area contributed by atoms with Gasteiger partial charge in [0.25, 0.3) is 0 Å². The van der Waals surface area contributed by atoms with E-state index in [1.165, 1.54) is 12.8 Å². The number of carbonyl (C=O) groups excluding carboxylic acids is 1. The fourth-order valence-electron chi connectivity index (χ4n) is 2.36. The van der Waals surface area contributed by atoms with Gasteiger partial charge in [-0.1, -0.05) is 52.4 Å². The van der Waals surface area contributed by atoms with Crippen LogP contribution in [0.5, 0.6) is 0 Å². The first-order valence-corrected chi connectivity index (χ1v) is 8.39. The maximum absolute atomic E-state index is 12.1. The highest BCUT2D eigenvalue weighted by molar-refractivity contribution is 5.72. The van der Waals surface area contributed by atoms with Gasteiger partial charge in [0.05, 0.1) is 18.1 Å². The van der Waals surface area contributed by atoms with Crippen LogP contribution in [0.4, 0.5) is 0 Å². The summed E-state index contributed by atoms with van der Waals surface area (Å²) >= 11 is 0. The van der Waals surface area contributed by atoms with E-state index in [2.05, 4.69) is 13.8 Å². The zero-order valence-corrected chi connectivity index (χ0v) is 13.9. The molecule has 3 heteroatoms. The number of unbranched alkanes of at least 4 members (excludes halogenated alkanes) is 4. The van der Waals surface area contributed by atoms with E-state index in [4.69, 9.17) is 4.74 Å². The number of carbonyl (C=O) groups is 1. The molecule has 0 spiro atoms. The topological polar surface area (TPSA) is 46.5 Å². The summed E-state index contributed by atoms with van der Waals surface area (Å²) in [5.41, 5.74) is 0. The van der Waals surface area contributed by atoms with Crippen molar-refractivity contribution in [2.24, 2.45) is 5.92 Å². The average Bonchev–Trinajstić information content (AvgIpc) is 2.39. The summed E-state index contributed by atoms with van der Waals surface area (Å²) in [6.45, 7) is 8.04. The van der Waals surface area contributed by atoms with E-state index in [0.29, 0.717) is 6.42 Å². The van der Waals surface area contributed by atoms with Gasteiger partial charge in [-0.25, -0.2) is 0 Å². The number of hydrogen-bond donors (Lipinski definition) is 1. The van der Waals surface area contributed by atoms with Crippen LogP contribution in [0.15, 0.2) is 0 Å². The lowest BCUT2D eigenvalue weighted by atomic mass is 9.93. The predicted octanol–water partition coefficient (Wildman–Crippen LogP) is 4.47. The molecule has 120 valence electrons. The molecule has 0 aromatic carbocycles. The number of aliphatic hydroxyl groups is 1. The Hall–Kier alpha value is -0.570. The fourth-order valence-corrected chi connectivity index (χ4v) is 2.36. The van der Waals surface area contributed by atoms with Crippen LogP contribution < -0.4 is 0 Å². The van der Waals surface area contributed by atoms with Crippen molar-refractivity contribution >= 4 is 5.97 Å². The monoisotopic (exact) mass is 286 g/mol. The standard InChI is InChI=1S/C17H34O3/c1-5-7-9-10-11-15(17(19)20-14(3)4)13-16(18)12-8-6-2/h14-16,18H,5-13H2,1-4H3. The first-order valence-electron chi connectivity index (χ1n) is 8.39. The Kier molecular flexibility index (Phi) is 11.8. The molecule has 0 saturated carbocycles. The SMILES string of the molecule is CCCCCCC(CC(O)CCCC)C(=O)OC(C)C. The predicted molar refractivity (Wildman–Crippen MR) is 83.6 cm³/mol. The number of hydrogen-bond acceptors (Lipinski definition) is 3. The molecular formula is C17H34O3. The van der Waals surface area contributed by atoms with Gasteiger partial charge in [0.1, 0.15) is 0 Å². The fraction of sp³-hybridized carbons (Fsp3) is 0.941. The van der Waals surface area contributed by atoms with E-state index in [-0.39, 0.29) is 24.1 Å². The highest BCUT2D eigenvalue weighted by Crippen LogP contribution is 2.21. The highest BCUT2D eigenvalue weighted by atomic mass is 16.5. The Morgan fingerprint density at radius 3 is 2.20 bits per heavy atom. The number of esters is 1. The maximum atomic E-state index is 12.1. The van der Waals surface area contributed by atoms with Crippen LogP contribution in [0.2, 0.25) is 0 Å². The lowest BCUT2D eigenvalue weighted by Gasteiger charge is -2.20. The van der Waals surface area contributed by atoms with Gasteiger partial charge in [-0.2, -0.15) is 0 Å². The van der Waals surface area contributed by atoms with E-state index in [1.807, 2.05) is 13.8 Å². The van der Waals surface area contributed by atoms with Crippen molar-refractivity contribution in [3.8, 4) is 0 Å². The van der Waals surface area contributed by atoms with Crippen LogP contribution in [0.25, 0.3) is 0 Å². The quantitative estimate of drug-likeness (QED) is 0.425. The van der Waals surface area contributed by atoms with E-state index in [0.717, 1.165) is 38.5 Å². The van der Waals surface area contributed by atoms with E-state index in [1.54, 1.807) is 0 Å². The van der Waals surface area contributed by atoms with Crippen LogP contribution in [-0.2, 0) is 9.53 Å². The second kappa shape index (κ2) is 12.2. The third-order valence-electron chi connectivity index (χ3n) is 3.54. The molecule has 0 aromatic rings. The van der Waals surface area contributed by atoms with Gasteiger partial charge in [-0.15, -0.1) is 0 Å². The average molecular weight is 286 g/mol. The lowest BCUT2D eigenvalue weighted by molar-refractivity contribution is -0.154. The highest BCUT2D eigenvalue weighted by Gasteiger charge is 2.23. The van der Waals surface area contributed by atoms with Gasteiger partial charge in [-0.05, 0) is 33.1 Å². The molecule has 0 aliphatic rings. The van der Waals surface area contributed by atoms with Crippen molar-refractivity contribution in [1.29, 1.82) is 0 Å².